The van der Waals surface area contributed by atoms with E-state index in [1.807, 2.05) is 13.0 Å². The monoisotopic (exact) mass is 393 g/mol. The minimum absolute atomic E-state index is 0.0264. The van der Waals surface area contributed by atoms with Gasteiger partial charge in [-0.15, -0.1) is 0 Å². The summed E-state index contributed by atoms with van der Waals surface area (Å²) in [6.45, 7) is 2.01. The van der Waals surface area contributed by atoms with Crippen LogP contribution in [0.25, 0.3) is 11.3 Å². The predicted octanol–water partition coefficient (Wildman–Crippen LogP) is 3.79. The maximum atomic E-state index is 14.5. The molecule has 1 aliphatic heterocycles. The number of aromatic nitrogens is 2. The molecule has 1 aromatic carbocycles. The highest BCUT2D eigenvalue weighted by Crippen LogP contribution is 2.35. The summed E-state index contributed by atoms with van der Waals surface area (Å²) in [6.07, 6.45) is 5.32. The Morgan fingerprint density at radius 1 is 1.21 bits per heavy atom. The fourth-order valence-electron chi connectivity index (χ4n) is 3.22. The highest BCUT2D eigenvalue weighted by atomic mass is 19.1. The number of rotatable bonds is 6. The lowest BCUT2D eigenvalue weighted by molar-refractivity contribution is -0.135. The Bertz CT molecular complexity index is 1070. The molecule has 2 N–H and O–H groups in total. The van der Waals surface area contributed by atoms with E-state index in [0.717, 1.165) is 11.1 Å². The Morgan fingerprint density at radius 3 is 2.72 bits per heavy atom. The van der Waals surface area contributed by atoms with E-state index in [9.17, 15) is 9.18 Å². The van der Waals surface area contributed by atoms with Gasteiger partial charge < -0.3 is 15.2 Å². The first-order valence-corrected chi connectivity index (χ1v) is 9.28. The van der Waals surface area contributed by atoms with Crippen molar-refractivity contribution in [2.45, 2.75) is 19.0 Å². The van der Waals surface area contributed by atoms with E-state index in [1.54, 1.807) is 36.5 Å². The topological polar surface area (TPSA) is 87.3 Å². The highest BCUT2D eigenvalue weighted by molar-refractivity contribution is 5.95. The van der Waals surface area contributed by atoms with Crippen LogP contribution in [-0.4, -0.2) is 29.1 Å². The van der Waals surface area contributed by atoms with Gasteiger partial charge in [-0.2, -0.15) is 0 Å². The van der Waals surface area contributed by atoms with Crippen molar-refractivity contribution in [3.63, 3.8) is 0 Å². The average Bonchev–Trinajstić information content (AvgIpc) is 2.71. The van der Waals surface area contributed by atoms with E-state index >= 15 is 0 Å². The Labute approximate surface area is 167 Å². The second-order valence-electron chi connectivity index (χ2n) is 6.94. The number of amides is 1. The first-order valence-electron chi connectivity index (χ1n) is 9.28. The van der Waals surface area contributed by atoms with Crippen molar-refractivity contribution in [2.24, 2.45) is 5.73 Å². The number of benzene rings is 1. The van der Waals surface area contributed by atoms with Crippen molar-refractivity contribution in [1.29, 1.82) is 0 Å². The van der Waals surface area contributed by atoms with Crippen LogP contribution in [0.3, 0.4) is 0 Å². The second kappa shape index (κ2) is 7.60. The third kappa shape index (κ3) is 3.82. The van der Waals surface area contributed by atoms with Crippen LogP contribution in [0.5, 0.6) is 11.5 Å². The number of alkyl halides is 1. The zero-order valence-corrected chi connectivity index (χ0v) is 15.9. The SMILES string of the molecule is CCc1cc(-c2cc(Oc3cncc(C4(F)COC4)c3)ccn2)ccc1C(N)=O. The normalized spacial score (nSPS) is 14.8. The number of primary amides is 1. The third-order valence-electron chi connectivity index (χ3n) is 4.91. The van der Waals surface area contributed by atoms with Crippen molar-refractivity contribution >= 4 is 5.91 Å². The fourth-order valence-corrected chi connectivity index (χ4v) is 3.22. The predicted molar refractivity (Wildman–Crippen MR) is 105 cm³/mol. The molecular weight excluding hydrogens is 373 g/mol. The Morgan fingerprint density at radius 2 is 2.03 bits per heavy atom. The van der Waals surface area contributed by atoms with Crippen LogP contribution in [0.4, 0.5) is 4.39 Å². The van der Waals surface area contributed by atoms with Gasteiger partial charge >= 0.3 is 0 Å². The summed E-state index contributed by atoms with van der Waals surface area (Å²) in [4.78, 5) is 20.0. The lowest BCUT2D eigenvalue weighted by Crippen LogP contribution is -2.42. The van der Waals surface area contributed by atoms with Crippen molar-refractivity contribution in [3.8, 4) is 22.8 Å². The van der Waals surface area contributed by atoms with Gasteiger partial charge in [-0.3, -0.25) is 14.8 Å². The van der Waals surface area contributed by atoms with Crippen LogP contribution in [0.2, 0.25) is 0 Å². The molecule has 1 amide bonds. The molecule has 7 heteroatoms. The number of aryl methyl sites for hydroxylation is 1. The minimum Gasteiger partial charge on any atom is -0.456 e. The van der Waals surface area contributed by atoms with Crippen molar-refractivity contribution in [1.82, 2.24) is 9.97 Å². The molecule has 3 aromatic rings. The van der Waals surface area contributed by atoms with Crippen LogP contribution in [-0.2, 0) is 16.8 Å². The van der Waals surface area contributed by atoms with Crippen molar-refractivity contribution < 1.29 is 18.7 Å². The van der Waals surface area contributed by atoms with Gasteiger partial charge in [0.2, 0.25) is 5.91 Å². The number of carbonyl (C=O) groups excluding carboxylic acids is 1. The van der Waals surface area contributed by atoms with Crippen LogP contribution in [0.1, 0.15) is 28.4 Å². The lowest BCUT2D eigenvalue weighted by atomic mass is 9.96. The quantitative estimate of drug-likeness (QED) is 0.688. The van der Waals surface area contributed by atoms with Gasteiger partial charge in [-0.25, -0.2) is 4.39 Å². The largest absolute Gasteiger partial charge is 0.456 e. The molecule has 1 aliphatic rings. The van der Waals surface area contributed by atoms with Gasteiger partial charge in [0.25, 0.3) is 0 Å². The van der Waals surface area contributed by atoms with Gasteiger partial charge in [-0.05, 0) is 36.2 Å². The molecule has 4 rings (SSSR count). The number of carbonyl (C=O) groups is 1. The molecule has 0 bridgehead atoms. The van der Waals surface area contributed by atoms with E-state index in [1.165, 1.54) is 12.4 Å². The molecule has 0 aliphatic carbocycles. The van der Waals surface area contributed by atoms with Gasteiger partial charge in [0.15, 0.2) is 5.67 Å². The number of hydrogen-bond donors (Lipinski definition) is 1. The zero-order valence-electron chi connectivity index (χ0n) is 15.9. The maximum absolute atomic E-state index is 14.5. The Balaban J connectivity index is 1.60. The summed E-state index contributed by atoms with van der Waals surface area (Å²) in [5.74, 6) is 0.527. The smallest absolute Gasteiger partial charge is 0.248 e. The summed E-state index contributed by atoms with van der Waals surface area (Å²) < 4.78 is 25.4. The van der Waals surface area contributed by atoms with Crippen molar-refractivity contribution in [2.75, 3.05) is 13.2 Å². The third-order valence-corrected chi connectivity index (χ3v) is 4.91. The number of pyridine rings is 2. The molecule has 148 valence electrons. The molecular formula is C22H20FN3O3. The lowest BCUT2D eigenvalue weighted by Gasteiger charge is -2.33. The number of ether oxygens (including phenoxy) is 2. The number of nitrogens with two attached hydrogens (primary N) is 1. The molecule has 0 unspecified atom stereocenters. The average molecular weight is 393 g/mol. The summed E-state index contributed by atoms with van der Waals surface area (Å²) in [6, 6.07) is 10.5. The molecule has 1 fully saturated rings. The summed E-state index contributed by atoms with van der Waals surface area (Å²) in [5.41, 5.74) is 7.26. The van der Waals surface area contributed by atoms with E-state index in [-0.39, 0.29) is 13.2 Å². The van der Waals surface area contributed by atoms with Gasteiger partial charge in [0.1, 0.15) is 11.5 Å². The highest BCUT2D eigenvalue weighted by Gasteiger charge is 2.41. The first-order chi connectivity index (χ1) is 14.0. The molecule has 3 heterocycles. The van der Waals surface area contributed by atoms with Crippen LogP contribution in [0.15, 0.2) is 55.0 Å². The standard InChI is InChI=1S/C22H20FN3O3/c1-2-14-7-15(3-4-19(14)21(24)27)20-9-17(5-6-26-20)29-18-8-16(10-25-11-18)22(23)12-28-13-22/h3-11H,2,12-13H2,1H3,(H2,24,27). The molecule has 29 heavy (non-hydrogen) atoms. The number of hydrogen-bond acceptors (Lipinski definition) is 5. The van der Waals surface area contributed by atoms with E-state index in [2.05, 4.69) is 9.97 Å². The van der Waals surface area contributed by atoms with Gasteiger partial charge in [0.05, 0.1) is 25.1 Å². The summed E-state index contributed by atoms with van der Waals surface area (Å²) in [7, 11) is 0. The number of nitrogens with zero attached hydrogens (tertiary/aromatic N) is 2. The Kier molecular flexibility index (Phi) is 4.98. The molecule has 0 spiro atoms. The Hall–Kier alpha value is -3.32. The summed E-state index contributed by atoms with van der Waals surface area (Å²) in [5, 5.41) is 0. The van der Waals surface area contributed by atoms with Crippen LogP contribution in [0, 0.1) is 0 Å². The molecule has 2 aromatic heterocycles. The second-order valence-corrected chi connectivity index (χ2v) is 6.94. The summed E-state index contributed by atoms with van der Waals surface area (Å²) >= 11 is 0. The fraction of sp³-hybridized carbons (Fsp3) is 0.227. The van der Waals surface area contributed by atoms with Crippen LogP contribution >= 0.6 is 0 Å². The number of halogens is 1. The van der Waals surface area contributed by atoms with E-state index in [4.69, 9.17) is 15.2 Å². The molecule has 0 saturated carbocycles. The van der Waals surface area contributed by atoms with Gasteiger partial charge in [-0.1, -0.05) is 13.0 Å². The van der Waals surface area contributed by atoms with Crippen molar-refractivity contribution in [3.05, 3.63) is 71.7 Å². The van der Waals surface area contributed by atoms with Gasteiger partial charge in [0, 0.05) is 35.2 Å². The zero-order chi connectivity index (χ0) is 20.4. The van der Waals surface area contributed by atoms with Crippen LogP contribution < -0.4 is 10.5 Å². The first kappa shape index (κ1) is 19.0. The maximum Gasteiger partial charge on any atom is 0.248 e. The molecule has 0 radical (unpaired) electrons. The molecule has 0 atom stereocenters. The molecule has 1 saturated heterocycles. The van der Waals surface area contributed by atoms with E-state index in [0.29, 0.717) is 34.7 Å². The minimum atomic E-state index is -1.51. The van der Waals surface area contributed by atoms with E-state index < -0.39 is 11.6 Å². The molecule has 6 nitrogen and oxygen atoms in total.